The van der Waals surface area contributed by atoms with Crippen molar-refractivity contribution in [3.05, 3.63) is 52.0 Å². The molecule has 1 aromatic carbocycles. The van der Waals surface area contributed by atoms with Crippen LogP contribution in [0.3, 0.4) is 0 Å². The normalized spacial score (nSPS) is 10.7. The number of aromatic nitrogens is 3. The lowest BCUT2D eigenvalue weighted by atomic mass is 10.1. The van der Waals surface area contributed by atoms with E-state index >= 15 is 0 Å². The molecule has 0 unspecified atom stereocenters. The van der Waals surface area contributed by atoms with Gasteiger partial charge in [-0.05, 0) is 13.0 Å². The van der Waals surface area contributed by atoms with E-state index in [2.05, 4.69) is 5.10 Å². The van der Waals surface area contributed by atoms with Crippen molar-refractivity contribution in [1.82, 2.24) is 14.3 Å². The van der Waals surface area contributed by atoms with Gasteiger partial charge < -0.3 is 0 Å². The maximum absolute atomic E-state index is 13.4. The van der Waals surface area contributed by atoms with Crippen LogP contribution in [0.5, 0.6) is 0 Å². The fourth-order valence-corrected chi connectivity index (χ4v) is 1.52. The van der Waals surface area contributed by atoms with Crippen molar-refractivity contribution in [2.75, 3.05) is 0 Å². The maximum atomic E-state index is 13.4. The molecule has 84 valence electrons. The van der Waals surface area contributed by atoms with E-state index in [1.54, 1.807) is 19.2 Å². The van der Waals surface area contributed by atoms with E-state index in [4.69, 9.17) is 0 Å². The monoisotopic (exact) mass is 221 g/mol. The smallest absolute Gasteiger partial charge is 0.285 e. The van der Waals surface area contributed by atoms with E-state index in [1.807, 2.05) is 6.92 Å². The molecular formula is C11H12FN3O. The Bertz CT molecular complexity index is 571. The summed E-state index contributed by atoms with van der Waals surface area (Å²) in [4.78, 5) is 11.5. The molecule has 1 heterocycles. The third-order valence-electron chi connectivity index (χ3n) is 2.41. The highest BCUT2D eigenvalue weighted by molar-refractivity contribution is 5.24. The molecule has 2 rings (SSSR count). The molecule has 2 aromatic rings. The molecule has 0 aliphatic rings. The van der Waals surface area contributed by atoms with E-state index in [0.717, 1.165) is 5.56 Å². The first-order valence-electron chi connectivity index (χ1n) is 4.91. The molecule has 0 saturated carbocycles. The first-order valence-corrected chi connectivity index (χ1v) is 4.91. The lowest BCUT2D eigenvalue weighted by Crippen LogP contribution is -2.23. The molecule has 0 aliphatic carbocycles. The van der Waals surface area contributed by atoms with E-state index < -0.39 is 0 Å². The molecule has 4 nitrogen and oxygen atoms in total. The third-order valence-corrected chi connectivity index (χ3v) is 2.41. The van der Waals surface area contributed by atoms with Gasteiger partial charge in [0.2, 0.25) is 0 Å². The van der Waals surface area contributed by atoms with Crippen molar-refractivity contribution in [1.29, 1.82) is 0 Å². The summed E-state index contributed by atoms with van der Waals surface area (Å²) in [5.74, 6) is -0.317. The highest BCUT2D eigenvalue weighted by Crippen LogP contribution is 2.10. The summed E-state index contributed by atoms with van der Waals surface area (Å²) in [5.41, 5.74) is 1.18. The van der Waals surface area contributed by atoms with E-state index in [-0.39, 0.29) is 18.1 Å². The minimum absolute atomic E-state index is 0.160. The van der Waals surface area contributed by atoms with Crippen LogP contribution < -0.4 is 5.69 Å². The molecule has 0 spiro atoms. The van der Waals surface area contributed by atoms with Gasteiger partial charge in [0.1, 0.15) is 12.1 Å². The zero-order valence-corrected chi connectivity index (χ0v) is 9.14. The number of nitrogens with zero attached hydrogens (tertiary/aromatic N) is 3. The average molecular weight is 221 g/mol. The number of halogens is 1. The molecule has 0 bridgehead atoms. The molecule has 5 heteroatoms. The predicted molar refractivity (Wildman–Crippen MR) is 57.7 cm³/mol. The SMILES string of the molecule is Cc1ccc(F)c(Cn2ncn(C)c2=O)c1. The summed E-state index contributed by atoms with van der Waals surface area (Å²) in [6.45, 7) is 2.04. The van der Waals surface area contributed by atoms with Crippen molar-refractivity contribution < 1.29 is 4.39 Å². The van der Waals surface area contributed by atoms with Crippen LogP contribution in [0.15, 0.2) is 29.3 Å². The van der Waals surface area contributed by atoms with Gasteiger partial charge >= 0.3 is 5.69 Å². The van der Waals surface area contributed by atoms with Crippen LogP contribution in [0.4, 0.5) is 4.39 Å². The Morgan fingerprint density at radius 2 is 2.19 bits per heavy atom. The zero-order valence-electron chi connectivity index (χ0n) is 9.14. The van der Waals surface area contributed by atoms with Crippen molar-refractivity contribution in [2.45, 2.75) is 13.5 Å². The molecule has 0 aliphatic heterocycles. The van der Waals surface area contributed by atoms with Gasteiger partial charge in [0.15, 0.2) is 0 Å². The predicted octanol–water partition coefficient (Wildman–Crippen LogP) is 1.08. The molecule has 0 atom stereocenters. The fraction of sp³-hybridized carbons (Fsp3) is 0.273. The maximum Gasteiger partial charge on any atom is 0.345 e. The zero-order chi connectivity index (χ0) is 11.7. The van der Waals surface area contributed by atoms with Gasteiger partial charge in [-0.25, -0.2) is 13.9 Å². The molecule has 0 saturated heterocycles. The second-order valence-corrected chi connectivity index (χ2v) is 3.78. The standard InChI is InChI=1S/C11H12FN3O/c1-8-3-4-10(12)9(5-8)6-15-11(16)14(2)7-13-15/h3-5,7H,6H2,1-2H3. The topological polar surface area (TPSA) is 39.8 Å². The average Bonchev–Trinajstić information content (AvgIpc) is 2.55. The first kappa shape index (κ1) is 10.6. The minimum atomic E-state index is -0.317. The molecule has 0 radical (unpaired) electrons. The lowest BCUT2D eigenvalue weighted by Gasteiger charge is -2.03. The van der Waals surface area contributed by atoms with Crippen LogP contribution in [-0.2, 0) is 13.6 Å². The van der Waals surface area contributed by atoms with Crippen molar-refractivity contribution in [3.63, 3.8) is 0 Å². The highest BCUT2D eigenvalue weighted by atomic mass is 19.1. The molecule has 16 heavy (non-hydrogen) atoms. The van der Waals surface area contributed by atoms with Crippen molar-refractivity contribution in [2.24, 2.45) is 7.05 Å². The Kier molecular flexibility index (Phi) is 2.60. The Labute approximate surface area is 91.9 Å². The molecule has 1 aromatic heterocycles. The Hall–Kier alpha value is -1.91. The van der Waals surface area contributed by atoms with Crippen molar-refractivity contribution >= 4 is 0 Å². The largest absolute Gasteiger partial charge is 0.345 e. The van der Waals surface area contributed by atoms with Gasteiger partial charge in [0, 0.05) is 12.6 Å². The first-order chi connectivity index (χ1) is 7.58. The second-order valence-electron chi connectivity index (χ2n) is 3.78. The molecule has 0 amide bonds. The van der Waals surface area contributed by atoms with Crippen LogP contribution in [0.1, 0.15) is 11.1 Å². The van der Waals surface area contributed by atoms with E-state index in [0.29, 0.717) is 5.56 Å². The number of aryl methyl sites for hydroxylation is 2. The van der Waals surface area contributed by atoms with E-state index in [1.165, 1.54) is 21.6 Å². The summed E-state index contributed by atoms with van der Waals surface area (Å²) in [5, 5.41) is 3.88. The summed E-state index contributed by atoms with van der Waals surface area (Å²) in [7, 11) is 1.61. The van der Waals surface area contributed by atoms with E-state index in [9.17, 15) is 9.18 Å². The third kappa shape index (κ3) is 1.88. The van der Waals surface area contributed by atoms with Crippen LogP contribution in [-0.4, -0.2) is 14.3 Å². The Morgan fingerprint density at radius 3 is 2.81 bits per heavy atom. The summed E-state index contributed by atoms with van der Waals surface area (Å²) >= 11 is 0. The van der Waals surface area contributed by atoms with Gasteiger partial charge in [0.05, 0.1) is 6.54 Å². The Morgan fingerprint density at radius 1 is 1.44 bits per heavy atom. The number of hydrogen-bond acceptors (Lipinski definition) is 2. The minimum Gasteiger partial charge on any atom is -0.285 e. The van der Waals surface area contributed by atoms with Gasteiger partial charge in [-0.1, -0.05) is 17.7 Å². The number of benzene rings is 1. The van der Waals surface area contributed by atoms with Gasteiger partial charge in [-0.3, -0.25) is 4.57 Å². The van der Waals surface area contributed by atoms with Crippen molar-refractivity contribution in [3.8, 4) is 0 Å². The highest BCUT2D eigenvalue weighted by Gasteiger charge is 2.07. The lowest BCUT2D eigenvalue weighted by molar-refractivity contribution is 0.574. The summed E-state index contributed by atoms with van der Waals surface area (Å²) in [6.07, 6.45) is 1.41. The van der Waals surface area contributed by atoms with Gasteiger partial charge in [-0.15, -0.1) is 0 Å². The quantitative estimate of drug-likeness (QED) is 0.761. The molecule has 0 fully saturated rings. The van der Waals surface area contributed by atoms with Gasteiger partial charge in [-0.2, -0.15) is 5.10 Å². The number of rotatable bonds is 2. The summed E-state index contributed by atoms with van der Waals surface area (Å²) < 4.78 is 16.0. The number of hydrogen-bond donors (Lipinski definition) is 0. The summed E-state index contributed by atoms with van der Waals surface area (Å²) in [6, 6.07) is 4.81. The Balaban J connectivity index is 2.37. The van der Waals surface area contributed by atoms with Crippen LogP contribution in [0.25, 0.3) is 0 Å². The van der Waals surface area contributed by atoms with Crippen LogP contribution >= 0.6 is 0 Å². The van der Waals surface area contributed by atoms with Crippen LogP contribution in [0.2, 0.25) is 0 Å². The second kappa shape index (κ2) is 3.92. The molecule has 0 N–H and O–H groups in total. The molecular weight excluding hydrogens is 209 g/mol. The van der Waals surface area contributed by atoms with Crippen LogP contribution in [0, 0.1) is 12.7 Å². The fourth-order valence-electron chi connectivity index (χ4n) is 1.52. The van der Waals surface area contributed by atoms with Gasteiger partial charge in [0.25, 0.3) is 0 Å².